The number of carboxylic acid groups (broad SMARTS) is 1. The summed E-state index contributed by atoms with van der Waals surface area (Å²) in [6, 6.07) is 3.58. The van der Waals surface area contributed by atoms with E-state index in [1.54, 1.807) is 0 Å². The van der Waals surface area contributed by atoms with Crippen molar-refractivity contribution in [2.75, 3.05) is 5.32 Å². The monoisotopic (exact) mass is 369 g/mol. The molecule has 0 spiro atoms. The lowest BCUT2D eigenvalue weighted by atomic mass is 10.1. The number of aromatic nitrogens is 2. The zero-order valence-corrected chi connectivity index (χ0v) is 14.5. The largest absolute Gasteiger partial charge is 0.479 e. The van der Waals surface area contributed by atoms with E-state index < -0.39 is 29.3 Å². The van der Waals surface area contributed by atoms with Crippen LogP contribution in [0.1, 0.15) is 20.8 Å². The van der Waals surface area contributed by atoms with E-state index >= 15 is 0 Å². The number of amides is 1. The molecule has 1 heterocycles. The van der Waals surface area contributed by atoms with Crippen LogP contribution in [0.4, 0.5) is 10.1 Å². The van der Waals surface area contributed by atoms with Crippen LogP contribution in [0.2, 0.25) is 5.02 Å². The Balaban J connectivity index is 2.04. The maximum absolute atomic E-state index is 13.0. The highest BCUT2D eigenvalue weighted by Crippen LogP contribution is 2.26. The standard InChI is InChI=1S/C16H17ClFN3O4/c1-9(25-13-5-4-10(18)6-12(13)17)14(22)20-11-7-19-21(8-11)16(2,3)15(23)24/h4-9H,1-3H3,(H,20,22)(H,23,24). The predicted octanol–water partition coefficient (Wildman–Crippen LogP) is 2.90. The number of benzene rings is 1. The first-order valence-corrected chi connectivity index (χ1v) is 7.70. The summed E-state index contributed by atoms with van der Waals surface area (Å²) < 4.78 is 19.7. The number of halogens is 2. The Morgan fingerprint density at radius 2 is 2.12 bits per heavy atom. The molecule has 25 heavy (non-hydrogen) atoms. The molecule has 134 valence electrons. The molecule has 2 rings (SSSR count). The second-order valence-corrected chi connectivity index (χ2v) is 6.27. The number of carbonyl (C=O) groups is 2. The Morgan fingerprint density at radius 3 is 2.72 bits per heavy atom. The quantitative estimate of drug-likeness (QED) is 0.816. The lowest BCUT2D eigenvalue weighted by molar-refractivity contribution is -0.146. The summed E-state index contributed by atoms with van der Waals surface area (Å²) in [5.74, 6) is -1.89. The van der Waals surface area contributed by atoms with Gasteiger partial charge in [-0.15, -0.1) is 0 Å². The van der Waals surface area contributed by atoms with Gasteiger partial charge in [-0.25, -0.2) is 9.18 Å². The van der Waals surface area contributed by atoms with Crippen LogP contribution in [0.5, 0.6) is 5.75 Å². The van der Waals surface area contributed by atoms with Crippen molar-refractivity contribution in [1.29, 1.82) is 0 Å². The van der Waals surface area contributed by atoms with E-state index in [0.29, 0.717) is 5.69 Å². The average Bonchev–Trinajstić information content (AvgIpc) is 2.99. The van der Waals surface area contributed by atoms with Crippen LogP contribution in [0.25, 0.3) is 0 Å². The van der Waals surface area contributed by atoms with Crippen LogP contribution in [0.3, 0.4) is 0 Å². The third-order valence-corrected chi connectivity index (χ3v) is 3.81. The summed E-state index contributed by atoms with van der Waals surface area (Å²) in [6.07, 6.45) is 1.82. The summed E-state index contributed by atoms with van der Waals surface area (Å²) in [5, 5.41) is 15.7. The highest BCUT2D eigenvalue weighted by Gasteiger charge is 2.30. The lowest BCUT2D eigenvalue weighted by Crippen LogP contribution is -2.36. The Bertz CT molecular complexity index is 806. The highest BCUT2D eigenvalue weighted by atomic mass is 35.5. The van der Waals surface area contributed by atoms with Gasteiger partial charge < -0.3 is 15.2 Å². The van der Waals surface area contributed by atoms with E-state index in [9.17, 15) is 19.1 Å². The summed E-state index contributed by atoms with van der Waals surface area (Å²) in [7, 11) is 0. The van der Waals surface area contributed by atoms with Crippen molar-refractivity contribution >= 4 is 29.2 Å². The Morgan fingerprint density at radius 1 is 1.44 bits per heavy atom. The number of hydrogen-bond donors (Lipinski definition) is 2. The molecule has 9 heteroatoms. The molecule has 1 amide bonds. The maximum atomic E-state index is 13.0. The Labute approximate surface area is 148 Å². The topological polar surface area (TPSA) is 93.5 Å². The summed E-state index contributed by atoms with van der Waals surface area (Å²) in [6.45, 7) is 4.47. The molecule has 1 unspecified atom stereocenters. The van der Waals surface area contributed by atoms with Gasteiger partial charge in [-0.2, -0.15) is 5.10 Å². The van der Waals surface area contributed by atoms with Crippen molar-refractivity contribution < 1.29 is 23.8 Å². The first-order valence-electron chi connectivity index (χ1n) is 7.32. The van der Waals surface area contributed by atoms with Gasteiger partial charge in [0.15, 0.2) is 11.6 Å². The van der Waals surface area contributed by atoms with Crippen molar-refractivity contribution in [1.82, 2.24) is 9.78 Å². The van der Waals surface area contributed by atoms with Crippen molar-refractivity contribution in [3.63, 3.8) is 0 Å². The van der Waals surface area contributed by atoms with Crippen molar-refractivity contribution in [2.45, 2.75) is 32.4 Å². The molecule has 1 aromatic heterocycles. The predicted molar refractivity (Wildman–Crippen MR) is 89.3 cm³/mol. The summed E-state index contributed by atoms with van der Waals surface area (Å²) in [4.78, 5) is 23.4. The van der Waals surface area contributed by atoms with Crippen LogP contribution < -0.4 is 10.1 Å². The van der Waals surface area contributed by atoms with Gasteiger partial charge in [-0.3, -0.25) is 9.48 Å². The van der Waals surface area contributed by atoms with Crippen molar-refractivity contribution in [3.05, 3.63) is 41.4 Å². The fourth-order valence-electron chi connectivity index (χ4n) is 1.85. The smallest absolute Gasteiger partial charge is 0.331 e. The van der Waals surface area contributed by atoms with E-state index in [0.717, 1.165) is 6.07 Å². The molecule has 0 radical (unpaired) electrons. The van der Waals surface area contributed by atoms with Gasteiger partial charge in [0.1, 0.15) is 11.6 Å². The van der Waals surface area contributed by atoms with E-state index in [2.05, 4.69) is 10.4 Å². The maximum Gasteiger partial charge on any atom is 0.331 e. The van der Waals surface area contributed by atoms with Crippen LogP contribution >= 0.6 is 11.6 Å². The Kier molecular flexibility index (Phi) is 5.32. The van der Waals surface area contributed by atoms with Gasteiger partial charge in [-0.05, 0) is 39.0 Å². The van der Waals surface area contributed by atoms with Crippen molar-refractivity contribution in [3.8, 4) is 5.75 Å². The summed E-state index contributed by atoms with van der Waals surface area (Å²) >= 11 is 5.86. The van der Waals surface area contributed by atoms with Gasteiger partial charge in [0.2, 0.25) is 0 Å². The number of anilines is 1. The van der Waals surface area contributed by atoms with Crippen LogP contribution in [0, 0.1) is 5.82 Å². The van der Waals surface area contributed by atoms with Gasteiger partial charge in [0.05, 0.1) is 16.9 Å². The molecule has 7 nitrogen and oxygen atoms in total. The van der Waals surface area contributed by atoms with Crippen LogP contribution in [0.15, 0.2) is 30.6 Å². The van der Waals surface area contributed by atoms with Gasteiger partial charge in [-0.1, -0.05) is 11.6 Å². The van der Waals surface area contributed by atoms with E-state index in [1.807, 2.05) is 0 Å². The fraction of sp³-hybridized carbons (Fsp3) is 0.312. The van der Waals surface area contributed by atoms with Gasteiger partial charge >= 0.3 is 5.97 Å². The first-order chi connectivity index (χ1) is 11.6. The molecule has 0 saturated heterocycles. The molecule has 0 fully saturated rings. The van der Waals surface area contributed by atoms with Crippen molar-refractivity contribution in [2.24, 2.45) is 0 Å². The molecular formula is C16H17ClFN3O4. The van der Waals surface area contributed by atoms with Crippen LogP contribution in [-0.4, -0.2) is 32.9 Å². The zero-order chi connectivity index (χ0) is 18.8. The minimum absolute atomic E-state index is 0.0516. The minimum atomic E-state index is -1.26. The molecule has 0 aliphatic heterocycles. The van der Waals surface area contributed by atoms with Gasteiger partial charge in [0.25, 0.3) is 5.91 Å². The number of hydrogen-bond acceptors (Lipinski definition) is 4. The lowest BCUT2D eigenvalue weighted by Gasteiger charge is -2.19. The summed E-state index contributed by atoms with van der Waals surface area (Å²) in [5.41, 5.74) is -0.938. The van der Waals surface area contributed by atoms with E-state index in [-0.39, 0.29) is 10.8 Å². The first kappa shape index (κ1) is 18.7. The second kappa shape index (κ2) is 7.10. The number of carbonyl (C=O) groups excluding carboxylic acids is 1. The fourth-order valence-corrected chi connectivity index (χ4v) is 2.06. The van der Waals surface area contributed by atoms with Gasteiger partial charge in [0, 0.05) is 6.20 Å². The SMILES string of the molecule is CC(Oc1ccc(F)cc1Cl)C(=O)Nc1cnn(C(C)(C)C(=O)O)c1. The molecule has 2 aromatic rings. The zero-order valence-electron chi connectivity index (χ0n) is 13.8. The third-order valence-electron chi connectivity index (χ3n) is 3.51. The van der Waals surface area contributed by atoms with Crippen LogP contribution in [-0.2, 0) is 15.1 Å². The number of rotatable bonds is 6. The van der Waals surface area contributed by atoms with E-state index in [1.165, 1.54) is 50.0 Å². The number of nitrogens with zero attached hydrogens (tertiary/aromatic N) is 2. The third kappa shape index (κ3) is 4.27. The number of aliphatic carboxylic acids is 1. The molecule has 0 saturated carbocycles. The molecule has 1 atom stereocenters. The number of ether oxygens (including phenoxy) is 1. The normalized spacial score (nSPS) is 12.5. The highest BCUT2D eigenvalue weighted by molar-refractivity contribution is 6.32. The molecule has 0 aliphatic carbocycles. The number of nitrogens with one attached hydrogen (secondary N) is 1. The second-order valence-electron chi connectivity index (χ2n) is 5.86. The van der Waals surface area contributed by atoms with E-state index in [4.69, 9.17) is 16.3 Å². The Hall–Kier alpha value is -2.61. The molecule has 1 aromatic carbocycles. The molecular weight excluding hydrogens is 353 g/mol. The minimum Gasteiger partial charge on any atom is -0.479 e. The molecule has 0 bridgehead atoms. The number of carboxylic acids is 1. The molecule has 2 N–H and O–H groups in total. The molecule has 0 aliphatic rings. The average molecular weight is 370 g/mol.